The molecule has 5 nitrogen and oxygen atoms in total. The molecular formula is C18H18ClFIN3O2. The Hall–Kier alpha value is -1.35. The third-order valence-electron chi connectivity index (χ3n) is 5.13. The maximum atomic E-state index is 13.7. The highest BCUT2D eigenvalue weighted by Gasteiger charge is 2.38. The Labute approximate surface area is 169 Å². The van der Waals surface area contributed by atoms with Crippen LogP contribution in [0.3, 0.4) is 0 Å². The van der Waals surface area contributed by atoms with Gasteiger partial charge in [0.15, 0.2) is 0 Å². The minimum Gasteiger partial charge on any atom is -0.465 e. The number of halogens is 3. The molecule has 1 fully saturated rings. The molecule has 1 amide bonds. The number of hydrogen-bond acceptors (Lipinski definition) is 2. The highest BCUT2D eigenvalue weighted by molar-refractivity contribution is 14.1. The van der Waals surface area contributed by atoms with E-state index >= 15 is 0 Å². The molecule has 2 heterocycles. The first-order valence-electron chi connectivity index (χ1n) is 8.65. The summed E-state index contributed by atoms with van der Waals surface area (Å²) in [5.74, 6) is 1.16. The maximum Gasteiger partial charge on any atom is 0.407 e. The average molecular weight is 490 g/mol. The molecule has 1 N–H and O–H groups in total. The number of fused-ring (bicyclic) bond motifs is 1. The van der Waals surface area contributed by atoms with E-state index in [1.165, 1.54) is 11.0 Å². The van der Waals surface area contributed by atoms with Crippen LogP contribution >= 0.6 is 34.2 Å². The molecule has 0 radical (unpaired) electrons. The Bertz CT molecular complexity index is 868. The highest BCUT2D eigenvalue weighted by Crippen LogP contribution is 2.43. The van der Waals surface area contributed by atoms with Crippen molar-refractivity contribution in [3.63, 3.8) is 0 Å². The lowest BCUT2D eigenvalue weighted by Gasteiger charge is -2.35. The number of amides is 1. The van der Waals surface area contributed by atoms with Gasteiger partial charge in [-0.3, -0.25) is 4.90 Å². The number of benzene rings is 1. The van der Waals surface area contributed by atoms with Gasteiger partial charge in [-0.1, -0.05) is 17.7 Å². The Balaban J connectivity index is 1.63. The van der Waals surface area contributed by atoms with E-state index in [0.717, 1.165) is 33.6 Å². The molecule has 8 heteroatoms. The number of aryl methyl sites for hydroxylation is 1. The van der Waals surface area contributed by atoms with Gasteiger partial charge in [0.05, 0.1) is 16.8 Å². The number of nitrogens with zero attached hydrogens (tertiary/aromatic N) is 3. The molecule has 2 aromatic rings. The lowest BCUT2D eigenvalue weighted by atomic mass is 10.0. The molecule has 1 atom stereocenters. The highest BCUT2D eigenvalue weighted by atomic mass is 127. The van der Waals surface area contributed by atoms with Crippen LogP contribution in [0.1, 0.15) is 48.3 Å². The zero-order chi connectivity index (χ0) is 18.4. The van der Waals surface area contributed by atoms with Crippen LogP contribution in [0.25, 0.3) is 0 Å². The fraction of sp³-hybridized carbons (Fsp3) is 0.444. The van der Waals surface area contributed by atoms with E-state index in [1.54, 1.807) is 12.1 Å². The molecule has 0 bridgehead atoms. The number of hydrogen-bond donors (Lipinski definition) is 1. The normalized spacial score (nSPS) is 19.5. The van der Waals surface area contributed by atoms with E-state index in [0.29, 0.717) is 31.8 Å². The van der Waals surface area contributed by atoms with Gasteiger partial charge in [0, 0.05) is 19.0 Å². The predicted octanol–water partition coefficient (Wildman–Crippen LogP) is 4.83. The van der Waals surface area contributed by atoms with Crippen LogP contribution in [0.5, 0.6) is 0 Å². The number of imidazole rings is 1. The van der Waals surface area contributed by atoms with Crippen LogP contribution in [-0.4, -0.2) is 32.2 Å². The van der Waals surface area contributed by atoms with Gasteiger partial charge in [0.2, 0.25) is 0 Å². The Kier molecular flexibility index (Phi) is 4.85. The van der Waals surface area contributed by atoms with Crippen molar-refractivity contribution in [2.24, 2.45) is 0 Å². The van der Waals surface area contributed by atoms with Crippen LogP contribution in [-0.2, 0) is 13.0 Å². The molecular weight excluding hydrogens is 472 g/mol. The fourth-order valence-electron chi connectivity index (χ4n) is 3.69. The summed E-state index contributed by atoms with van der Waals surface area (Å²) in [4.78, 5) is 18.0. The van der Waals surface area contributed by atoms with Crippen molar-refractivity contribution < 1.29 is 14.3 Å². The second-order valence-electron chi connectivity index (χ2n) is 6.85. The van der Waals surface area contributed by atoms with Crippen molar-refractivity contribution in [2.75, 3.05) is 6.54 Å². The Morgan fingerprint density at radius 3 is 2.81 bits per heavy atom. The molecule has 4 rings (SSSR count). The molecule has 1 aliphatic heterocycles. The Morgan fingerprint density at radius 1 is 1.38 bits per heavy atom. The summed E-state index contributed by atoms with van der Waals surface area (Å²) in [5.41, 5.74) is 1.79. The summed E-state index contributed by atoms with van der Waals surface area (Å²) in [7, 11) is 0. The van der Waals surface area contributed by atoms with Crippen molar-refractivity contribution in [1.82, 2.24) is 14.5 Å². The lowest BCUT2D eigenvalue weighted by Crippen LogP contribution is -2.42. The van der Waals surface area contributed by atoms with Crippen LogP contribution in [0.2, 0.25) is 5.02 Å². The van der Waals surface area contributed by atoms with E-state index in [-0.39, 0.29) is 11.1 Å². The largest absolute Gasteiger partial charge is 0.465 e. The van der Waals surface area contributed by atoms with E-state index < -0.39 is 11.9 Å². The number of carboxylic acid groups (broad SMARTS) is 1. The topological polar surface area (TPSA) is 58.4 Å². The lowest BCUT2D eigenvalue weighted by molar-refractivity contribution is 0.106. The van der Waals surface area contributed by atoms with Gasteiger partial charge in [-0.25, -0.2) is 14.2 Å². The van der Waals surface area contributed by atoms with Crippen molar-refractivity contribution in [2.45, 2.75) is 44.2 Å². The van der Waals surface area contributed by atoms with E-state index in [2.05, 4.69) is 27.2 Å². The molecule has 138 valence electrons. The number of aromatic nitrogens is 2. The standard InChI is InChI=1S/C18H18ClFIN3O2/c19-12-5-1-10(9-13(12)20)2-6-14-15-16(21)22-17(11-3-4-11)24(15)8-7-23(14)18(25)26/h1,5,9,11,14H,2-4,6-8H2,(H,25,26). The van der Waals surface area contributed by atoms with E-state index in [1.807, 2.05) is 0 Å². The average Bonchev–Trinajstić information content (AvgIpc) is 3.39. The molecule has 2 aliphatic rings. The van der Waals surface area contributed by atoms with Crippen LogP contribution in [0, 0.1) is 9.52 Å². The fourth-order valence-corrected chi connectivity index (χ4v) is 4.71. The molecule has 0 saturated heterocycles. The maximum absolute atomic E-state index is 13.7. The Morgan fingerprint density at radius 2 is 2.15 bits per heavy atom. The first kappa shape index (κ1) is 18.0. The van der Waals surface area contributed by atoms with Crippen molar-refractivity contribution in [3.05, 3.63) is 49.8 Å². The van der Waals surface area contributed by atoms with Crippen molar-refractivity contribution in [1.29, 1.82) is 0 Å². The van der Waals surface area contributed by atoms with Crippen LogP contribution < -0.4 is 0 Å². The minimum atomic E-state index is -0.923. The summed E-state index contributed by atoms with van der Waals surface area (Å²) in [6.45, 7) is 1.10. The second kappa shape index (κ2) is 6.99. The van der Waals surface area contributed by atoms with Gasteiger partial charge in [-0.05, 0) is 66.0 Å². The first-order chi connectivity index (χ1) is 12.5. The van der Waals surface area contributed by atoms with E-state index in [4.69, 9.17) is 16.6 Å². The molecule has 1 saturated carbocycles. The third-order valence-corrected chi connectivity index (χ3v) is 6.23. The summed E-state index contributed by atoms with van der Waals surface area (Å²) in [6, 6.07) is 4.49. The van der Waals surface area contributed by atoms with E-state index in [9.17, 15) is 14.3 Å². The van der Waals surface area contributed by atoms with Crippen molar-refractivity contribution in [3.8, 4) is 0 Å². The molecule has 26 heavy (non-hydrogen) atoms. The van der Waals surface area contributed by atoms with Crippen LogP contribution in [0.4, 0.5) is 9.18 Å². The molecule has 1 aromatic heterocycles. The molecule has 1 aromatic carbocycles. The van der Waals surface area contributed by atoms with Gasteiger partial charge in [-0.2, -0.15) is 0 Å². The zero-order valence-electron chi connectivity index (χ0n) is 14.0. The first-order valence-corrected chi connectivity index (χ1v) is 10.1. The number of rotatable bonds is 4. The quantitative estimate of drug-likeness (QED) is 0.626. The van der Waals surface area contributed by atoms with Gasteiger partial charge in [0.1, 0.15) is 15.3 Å². The third kappa shape index (κ3) is 3.31. The summed E-state index contributed by atoms with van der Waals surface area (Å²) in [5, 5.41) is 9.75. The summed E-state index contributed by atoms with van der Waals surface area (Å²) in [6.07, 6.45) is 2.55. The van der Waals surface area contributed by atoms with Crippen LogP contribution in [0.15, 0.2) is 18.2 Å². The number of carbonyl (C=O) groups is 1. The summed E-state index contributed by atoms with van der Waals surface area (Å²) >= 11 is 7.96. The zero-order valence-corrected chi connectivity index (χ0v) is 16.9. The van der Waals surface area contributed by atoms with Gasteiger partial charge in [-0.15, -0.1) is 0 Å². The van der Waals surface area contributed by atoms with Gasteiger partial charge in [0.25, 0.3) is 0 Å². The van der Waals surface area contributed by atoms with Crippen molar-refractivity contribution >= 4 is 40.3 Å². The van der Waals surface area contributed by atoms with Gasteiger partial charge < -0.3 is 9.67 Å². The minimum absolute atomic E-state index is 0.0975. The molecule has 0 spiro atoms. The SMILES string of the molecule is O=C(O)N1CCn2c(C3CC3)nc(I)c2C1CCc1ccc(Cl)c(F)c1. The second-order valence-corrected chi connectivity index (χ2v) is 8.28. The predicted molar refractivity (Wildman–Crippen MR) is 104 cm³/mol. The smallest absolute Gasteiger partial charge is 0.407 e. The monoisotopic (exact) mass is 489 g/mol. The molecule has 1 unspecified atom stereocenters. The van der Waals surface area contributed by atoms with Gasteiger partial charge >= 0.3 is 6.09 Å². The summed E-state index contributed by atoms with van der Waals surface area (Å²) < 4.78 is 16.8. The molecule has 1 aliphatic carbocycles.